The molecule has 0 radical (unpaired) electrons. The Morgan fingerprint density at radius 3 is 2.07 bits per heavy atom. The molecule has 3 amide bonds. The third-order valence-electron chi connectivity index (χ3n) is 1.14. The van der Waals surface area contributed by atoms with Gasteiger partial charge in [0.15, 0.2) is 0 Å². The molecule has 0 unspecified atom stereocenters. The van der Waals surface area contributed by atoms with Crippen molar-refractivity contribution in [3.05, 3.63) is 34.8 Å². The summed E-state index contributed by atoms with van der Waals surface area (Å²) in [6, 6.07) is 9.02. The Bertz CT molecular complexity index is 316. The van der Waals surface area contributed by atoms with Crippen LogP contribution in [-0.2, 0) is 4.79 Å². The highest BCUT2D eigenvalue weighted by Crippen LogP contribution is 2.05. The van der Waals surface area contributed by atoms with Gasteiger partial charge in [-0.1, -0.05) is 34.1 Å². The molecule has 1 rings (SSSR count). The Kier molecular flexibility index (Phi) is 7.21. The molecule has 0 aliphatic carbocycles. The maximum atomic E-state index is 9.96. The van der Waals surface area contributed by atoms with E-state index in [4.69, 9.17) is 5.11 Å². The minimum Gasteiger partial charge on any atom is -0.387 e. The third-order valence-corrected chi connectivity index (χ3v) is 1.67. The van der Waals surface area contributed by atoms with E-state index in [9.17, 15) is 9.59 Å². The first-order chi connectivity index (χ1) is 7.06. The number of hydrogen-bond acceptors (Lipinski definition) is 3. The zero-order valence-electron chi connectivity index (χ0n) is 7.81. The Balaban J connectivity index is 0.000000262. The molecule has 0 saturated carbocycles. The zero-order valence-corrected chi connectivity index (χ0v) is 9.40. The van der Waals surface area contributed by atoms with E-state index in [0.29, 0.717) is 0 Å². The number of halogens is 1. The van der Waals surface area contributed by atoms with Crippen molar-refractivity contribution in [1.29, 1.82) is 0 Å². The molecule has 0 heterocycles. The van der Waals surface area contributed by atoms with Crippen molar-refractivity contribution in [3.63, 3.8) is 0 Å². The first-order valence-electron chi connectivity index (χ1n) is 3.97. The van der Waals surface area contributed by atoms with Crippen molar-refractivity contribution in [3.8, 4) is 0 Å². The Morgan fingerprint density at radius 2 is 1.87 bits per heavy atom. The summed E-state index contributed by atoms with van der Waals surface area (Å²) in [7, 11) is 0. The van der Waals surface area contributed by atoms with Gasteiger partial charge in [-0.05, 0) is 12.1 Å². The minimum absolute atomic E-state index is 0.719. The van der Waals surface area contributed by atoms with Crippen LogP contribution in [0.4, 0.5) is 4.79 Å². The molecule has 0 aromatic heterocycles. The second-order valence-corrected chi connectivity index (χ2v) is 3.28. The quantitative estimate of drug-likeness (QED) is 0.701. The molecule has 4 N–H and O–H groups in total. The standard InChI is InChI=1S/C6H5Br.C3H6N2O3/c7-6-4-2-1-3-5-6;4-3(8)5-2(7)1-6/h1-5H;6H,1H2,(H3,4,5,7,8). The van der Waals surface area contributed by atoms with Gasteiger partial charge < -0.3 is 10.8 Å². The summed E-state index contributed by atoms with van der Waals surface area (Å²) >= 11 is 3.31. The van der Waals surface area contributed by atoms with Crippen molar-refractivity contribution >= 4 is 27.9 Å². The largest absolute Gasteiger partial charge is 0.387 e. The van der Waals surface area contributed by atoms with Gasteiger partial charge in [-0.3, -0.25) is 10.1 Å². The van der Waals surface area contributed by atoms with Gasteiger partial charge in [0.1, 0.15) is 6.61 Å². The van der Waals surface area contributed by atoms with Gasteiger partial charge in [0, 0.05) is 4.47 Å². The average molecular weight is 275 g/mol. The highest BCUT2D eigenvalue weighted by atomic mass is 79.9. The van der Waals surface area contributed by atoms with Crippen molar-refractivity contribution in [2.45, 2.75) is 0 Å². The normalized spacial score (nSPS) is 8.40. The summed E-state index contributed by atoms with van der Waals surface area (Å²) in [4.78, 5) is 19.7. The van der Waals surface area contributed by atoms with E-state index in [-0.39, 0.29) is 0 Å². The van der Waals surface area contributed by atoms with Crippen LogP contribution in [0.15, 0.2) is 34.8 Å². The summed E-state index contributed by atoms with van der Waals surface area (Å²) in [5, 5.41) is 9.61. The summed E-state index contributed by atoms with van der Waals surface area (Å²) in [5.41, 5.74) is 4.49. The molecule has 15 heavy (non-hydrogen) atoms. The van der Waals surface area contributed by atoms with Crippen molar-refractivity contribution < 1.29 is 14.7 Å². The number of aliphatic hydroxyl groups is 1. The number of carbonyl (C=O) groups excluding carboxylic acids is 2. The van der Waals surface area contributed by atoms with E-state index >= 15 is 0 Å². The van der Waals surface area contributed by atoms with Crippen LogP contribution in [0.1, 0.15) is 0 Å². The van der Waals surface area contributed by atoms with Gasteiger partial charge in [-0.2, -0.15) is 0 Å². The lowest BCUT2D eigenvalue weighted by atomic mass is 10.4. The fourth-order valence-electron chi connectivity index (χ4n) is 0.592. The molecule has 1 aromatic carbocycles. The van der Waals surface area contributed by atoms with Gasteiger partial charge in [0.25, 0.3) is 5.91 Å². The molecule has 6 heteroatoms. The molecule has 0 atom stereocenters. The fraction of sp³-hybridized carbons (Fsp3) is 0.111. The lowest BCUT2D eigenvalue weighted by Gasteiger charge is -1.92. The molecule has 1 aromatic rings. The number of rotatable bonds is 1. The molecule has 0 aliphatic heterocycles. The van der Waals surface area contributed by atoms with Crippen LogP contribution in [-0.4, -0.2) is 23.7 Å². The number of primary amides is 1. The van der Waals surface area contributed by atoms with Crippen molar-refractivity contribution in [1.82, 2.24) is 5.32 Å². The van der Waals surface area contributed by atoms with Gasteiger partial charge in [0.05, 0.1) is 0 Å². The SMILES string of the molecule is Brc1ccccc1.NC(=O)NC(=O)CO. The van der Waals surface area contributed by atoms with Gasteiger partial charge in [-0.15, -0.1) is 0 Å². The first kappa shape index (κ1) is 13.6. The number of carbonyl (C=O) groups is 2. The van der Waals surface area contributed by atoms with Crippen LogP contribution in [0.5, 0.6) is 0 Å². The van der Waals surface area contributed by atoms with E-state index in [1.807, 2.05) is 30.3 Å². The topological polar surface area (TPSA) is 92.4 Å². The maximum absolute atomic E-state index is 9.96. The summed E-state index contributed by atoms with van der Waals surface area (Å²) in [6.45, 7) is -0.719. The summed E-state index contributed by atoms with van der Waals surface area (Å²) in [5.74, 6) is -0.794. The minimum atomic E-state index is -0.955. The number of amides is 3. The Hall–Kier alpha value is -1.40. The van der Waals surface area contributed by atoms with Gasteiger partial charge >= 0.3 is 6.03 Å². The molecule has 0 aliphatic rings. The van der Waals surface area contributed by atoms with Gasteiger partial charge in [-0.25, -0.2) is 4.79 Å². The highest BCUT2D eigenvalue weighted by Gasteiger charge is 1.98. The van der Waals surface area contributed by atoms with E-state index in [1.54, 1.807) is 5.32 Å². The summed E-state index contributed by atoms with van der Waals surface area (Å²) in [6.07, 6.45) is 0. The second kappa shape index (κ2) is 7.95. The van der Waals surface area contributed by atoms with E-state index < -0.39 is 18.5 Å². The lowest BCUT2D eigenvalue weighted by molar-refractivity contribution is -0.122. The average Bonchev–Trinajstić information content (AvgIpc) is 2.19. The van der Waals surface area contributed by atoms with Crippen molar-refractivity contribution in [2.24, 2.45) is 5.73 Å². The molecule has 5 nitrogen and oxygen atoms in total. The Labute approximate surface area is 95.4 Å². The Morgan fingerprint density at radius 1 is 1.33 bits per heavy atom. The highest BCUT2D eigenvalue weighted by molar-refractivity contribution is 9.10. The lowest BCUT2D eigenvalue weighted by Crippen LogP contribution is -2.36. The number of benzene rings is 1. The number of hydrogen-bond donors (Lipinski definition) is 3. The predicted molar refractivity (Wildman–Crippen MR) is 59.0 cm³/mol. The molecule has 0 bridgehead atoms. The van der Waals surface area contributed by atoms with Crippen LogP contribution < -0.4 is 11.1 Å². The van der Waals surface area contributed by atoms with Crippen molar-refractivity contribution in [2.75, 3.05) is 6.61 Å². The van der Waals surface area contributed by atoms with Crippen LogP contribution in [0.2, 0.25) is 0 Å². The van der Waals surface area contributed by atoms with E-state index in [0.717, 1.165) is 4.47 Å². The second-order valence-electron chi connectivity index (χ2n) is 2.37. The predicted octanol–water partition coefficient (Wildman–Crippen LogP) is 0.623. The van der Waals surface area contributed by atoms with Crippen LogP contribution in [0.25, 0.3) is 0 Å². The van der Waals surface area contributed by atoms with Crippen LogP contribution >= 0.6 is 15.9 Å². The maximum Gasteiger partial charge on any atom is 0.318 e. The molecule has 0 spiro atoms. The number of nitrogens with one attached hydrogen (secondary N) is 1. The molecule has 0 saturated heterocycles. The molecular formula is C9H11BrN2O3. The van der Waals surface area contributed by atoms with Gasteiger partial charge in [0.2, 0.25) is 0 Å². The number of nitrogens with two attached hydrogens (primary N) is 1. The number of aliphatic hydroxyl groups excluding tert-OH is 1. The van der Waals surface area contributed by atoms with Crippen LogP contribution in [0.3, 0.4) is 0 Å². The fourth-order valence-corrected chi connectivity index (χ4v) is 0.897. The monoisotopic (exact) mass is 274 g/mol. The molecule has 82 valence electrons. The molecule has 0 fully saturated rings. The smallest absolute Gasteiger partial charge is 0.318 e. The molecular weight excluding hydrogens is 264 g/mol. The number of imide groups is 1. The number of urea groups is 1. The first-order valence-corrected chi connectivity index (χ1v) is 4.76. The van der Waals surface area contributed by atoms with E-state index in [1.165, 1.54) is 0 Å². The summed E-state index contributed by atoms with van der Waals surface area (Å²) < 4.78 is 1.13. The zero-order chi connectivity index (χ0) is 11.7. The van der Waals surface area contributed by atoms with E-state index in [2.05, 4.69) is 21.7 Å². The third kappa shape index (κ3) is 8.92. The van der Waals surface area contributed by atoms with Crippen LogP contribution in [0, 0.1) is 0 Å².